The van der Waals surface area contributed by atoms with E-state index in [1.54, 1.807) is 42.5 Å². The zero-order chi connectivity index (χ0) is 34.0. The smallest absolute Gasteiger partial charge is 0.328 e. The molecule has 0 aliphatic carbocycles. The lowest BCUT2D eigenvalue weighted by Crippen LogP contribution is -2.59. The summed E-state index contributed by atoms with van der Waals surface area (Å²) in [6.45, 7) is 6.80. The van der Waals surface area contributed by atoms with Gasteiger partial charge >= 0.3 is 6.03 Å². The van der Waals surface area contributed by atoms with Crippen LogP contribution in [-0.4, -0.2) is 75.2 Å². The number of ketones is 1. The number of urea groups is 1. The molecule has 3 aliphatic rings. The van der Waals surface area contributed by atoms with Gasteiger partial charge in [-0.3, -0.25) is 15.1 Å². The molecule has 250 valence electrons. The third kappa shape index (κ3) is 5.13. The number of aryl methyl sites for hydroxylation is 2. The molecule has 0 bridgehead atoms. The Morgan fingerprint density at radius 1 is 1.06 bits per heavy atom. The van der Waals surface area contributed by atoms with Crippen molar-refractivity contribution in [3.63, 3.8) is 0 Å². The molecule has 3 saturated heterocycles. The van der Waals surface area contributed by atoms with Crippen molar-refractivity contribution in [1.29, 1.82) is 5.41 Å². The summed E-state index contributed by atoms with van der Waals surface area (Å²) >= 11 is 0. The van der Waals surface area contributed by atoms with Gasteiger partial charge in [0, 0.05) is 24.0 Å². The van der Waals surface area contributed by atoms with E-state index in [4.69, 9.17) is 20.6 Å². The zero-order valence-electron chi connectivity index (χ0n) is 27.0. The van der Waals surface area contributed by atoms with E-state index in [1.165, 1.54) is 21.8 Å². The number of H-pyrrole nitrogens is 1. The van der Waals surface area contributed by atoms with Crippen LogP contribution in [0.3, 0.4) is 0 Å². The van der Waals surface area contributed by atoms with E-state index >= 15 is 0 Å². The molecule has 49 heavy (non-hydrogen) atoms. The van der Waals surface area contributed by atoms with Crippen molar-refractivity contribution in [2.45, 2.75) is 38.3 Å². The monoisotopic (exact) mass is 662 g/mol. The average molecular weight is 663 g/mol. The first-order valence-electron chi connectivity index (χ1n) is 16.2. The number of amidine groups is 1. The number of likely N-dealkylation sites (tertiary alicyclic amines) is 1. The number of nitrogen functional groups attached to an aromatic ring is 1. The minimum absolute atomic E-state index is 0.114. The van der Waals surface area contributed by atoms with Crippen molar-refractivity contribution in [3.05, 3.63) is 95.1 Å². The quantitative estimate of drug-likeness (QED) is 0.169. The summed E-state index contributed by atoms with van der Waals surface area (Å²) in [5, 5.41) is 17.4. The van der Waals surface area contributed by atoms with Crippen LogP contribution in [0.1, 0.15) is 40.0 Å². The molecule has 3 aromatic carbocycles. The van der Waals surface area contributed by atoms with Gasteiger partial charge in [0.05, 0.1) is 48.1 Å². The van der Waals surface area contributed by atoms with Crippen LogP contribution in [0.25, 0.3) is 16.6 Å². The second kappa shape index (κ2) is 11.6. The van der Waals surface area contributed by atoms with E-state index in [-0.39, 0.29) is 34.8 Å². The highest BCUT2D eigenvalue weighted by Crippen LogP contribution is 2.37. The maximum atomic E-state index is 14.1. The van der Waals surface area contributed by atoms with Crippen LogP contribution < -0.4 is 20.7 Å². The second-order valence-corrected chi connectivity index (χ2v) is 13.0. The first-order chi connectivity index (χ1) is 23.6. The number of aromatic nitrogens is 3. The summed E-state index contributed by atoms with van der Waals surface area (Å²) in [5.41, 5.74) is 9.75. The molecule has 2 aromatic heterocycles. The molecule has 12 nitrogen and oxygen atoms in total. The molecule has 3 aliphatic heterocycles. The molecule has 0 radical (unpaired) electrons. The Hall–Kier alpha value is -5.53. The number of hydrogen-bond acceptors (Lipinski definition) is 8. The molecule has 5 N–H and O–H groups in total. The van der Waals surface area contributed by atoms with Gasteiger partial charge in [-0.25, -0.2) is 18.8 Å². The van der Waals surface area contributed by atoms with Crippen molar-refractivity contribution in [1.82, 2.24) is 25.0 Å². The number of halogens is 1. The number of ether oxygens (including phenoxy) is 2. The Balaban J connectivity index is 1.02. The van der Waals surface area contributed by atoms with E-state index in [0.717, 1.165) is 42.8 Å². The lowest BCUT2D eigenvalue weighted by molar-refractivity contribution is -0.0733. The number of rotatable bonds is 7. The van der Waals surface area contributed by atoms with Gasteiger partial charge in [-0.1, -0.05) is 12.1 Å². The number of fused-ring (bicyclic) bond motifs is 1. The molecule has 0 saturated carbocycles. The van der Waals surface area contributed by atoms with Gasteiger partial charge in [0.15, 0.2) is 11.6 Å². The molecular formula is C36H35FN8O4. The van der Waals surface area contributed by atoms with Crippen molar-refractivity contribution < 1.29 is 23.5 Å². The lowest BCUT2D eigenvalue weighted by atomic mass is 9.86. The van der Waals surface area contributed by atoms with Crippen LogP contribution in [-0.2, 0) is 4.74 Å². The minimum Gasteiger partial charge on any atom is -0.454 e. The van der Waals surface area contributed by atoms with E-state index in [9.17, 15) is 14.0 Å². The van der Waals surface area contributed by atoms with Crippen LogP contribution in [0, 0.1) is 25.1 Å². The van der Waals surface area contributed by atoms with Crippen molar-refractivity contribution in [3.8, 4) is 17.2 Å². The number of benzene rings is 3. The SMILES string of the molecule is Cc1cc2cc(C(=O)c3cnn(-c4ccc(Oc5ccccc5F)cc4C)c3N)[nH]c2cc1N1C(=N)C2(CCN(C3COC3)CC2)NC1=O. The summed E-state index contributed by atoms with van der Waals surface area (Å²) < 4.78 is 26.6. The van der Waals surface area contributed by atoms with Crippen LogP contribution >= 0.6 is 0 Å². The number of carbonyl (C=O) groups excluding carboxylic acids is 2. The molecule has 2 amide bonds. The third-order valence-electron chi connectivity index (χ3n) is 9.95. The second-order valence-electron chi connectivity index (χ2n) is 13.0. The summed E-state index contributed by atoms with van der Waals surface area (Å²) in [6, 6.07) is 16.9. The third-order valence-corrected chi connectivity index (χ3v) is 9.95. The standard InChI is InChI=1S/C36H35FN8O4/c1-20-13-22-15-28(41-27(22)16-30(20)44-34(39)36(42-35(44)47)9-11-43(12-10-36)23-18-48-19-23)32(46)25-17-40-45(33(25)38)29-8-7-24(14-21(29)2)49-31-6-4-3-5-26(31)37/h3-8,13-17,23,39,41H,9-12,18-19,38H2,1-2H3,(H,42,47). The largest absolute Gasteiger partial charge is 0.454 e. The van der Waals surface area contributed by atoms with E-state index in [0.29, 0.717) is 47.2 Å². The maximum absolute atomic E-state index is 14.1. The topological polar surface area (TPSA) is 155 Å². The number of carbonyl (C=O) groups is 2. The number of nitrogens with zero attached hydrogens (tertiary/aromatic N) is 4. The van der Waals surface area contributed by atoms with Crippen molar-refractivity contribution in [2.24, 2.45) is 0 Å². The van der Waals surface area contributed by atoms with E-state index in [1.807, 2.05) is 26.0 Å². The van der Waals surface area contributed by atoms with E-state index in [2.05, 4.69) is 20.3 Å². The fourth-order valence-electron chi connectivity index (χ4n) is 7.03. The Kier molecular flexibility index (Phi) is 7.26. The van der Waals surface area contributed by atoms with Crippen molar-refractivity contribution in [2.75, 3.05) is 36.9 Å². The highest BCUT2D eigenvalue weighted by Gasteiger charge is 2.51. The van der Waals surface area contributed by atoms with Crippen LogP contribution in [0.4, 0.5) is 20.7 Å². The zero-order valence-corrected chi connectivity index (χ0v) is 27.0. The fraction of sp³-hybridized carbons (Fsp3) is 0.278. The fourth-order valence-corrected chi connectivity index (χ4v) is 7.03. The number of nitrogens with two attached hydrogens (primary N) is 1. The molecule has 5 heterocycles. The summed E-state index contributed by atoms with van der Waals surface area (Å²) in [5.74, 6) is 0.161. The van der Waals surface area contributed by atoms with Crippen molar-refractivity contribution >= 4 is 40.1 Å². The molecule has 5 aromatic rings. The molecule has 0 atom stereocenters. The molecule has 13 heteroatoms. The van der Waals surface area contributed by atoms with Gasteiger partial charge in [0.1, 0.15) is 22.9 Å². The molecular weight excluding hydrogens is 627 g/mol. The Labute approximate surface area is 281 Å². The number of nitrogens with one attached hydrogen (secondary N) is 3. The van der Waals surface area contributed by atoms with Crippen LogP contribution in [0.15, 0.2) is 66.9 Å². The Bertz CT molecular complexity index is 2160. The average Bonchev–Trinajstić information content (AvgIpc) is 3.71. The number of amides is 2. The van der Waals surface area contributed by atoms with Crippen LogP contribution in [0.2, 0.25) is 0 Å². The predicted molar refractivity (Wildman–Crippen MR) is 183 cm³/mol. The number of aromatic amines is 1. The minimum atomic E-state index is -0.709. The number of para-hydroxylation sites is 1. The highest BCUT2D eigenvalue weighted by atomic mass is 19.1. The molecule has 1 spiro atoms. The van der Waals surface area contributed by atoms with Gasteiger partial charge in [-0.15, -0.1) is 0 Å². The summed E-state index contributed by atoms with van der Waals surface area (Å²) in [4.78, 5) is 34.1. The van der Waals surface area contributed by atoms with Crippen LogP contribution in [0.5, 0.6) is 11.5 Å². The first-order valence-corrected chi connectivity index (χ1v) is 16.2. The molecule has 3 fully saturated rings. The normalized spacial score (nSPS) is 17.9. The van der Waals surface area contributed by atoms with Gasteiger partial charge < -0.3 is 25.5 Å². The number of hydrogen-bond donors (Lipinski definition) is 4. The number of piperidine rings is 1. The molecule has 8 rings (SSSR count). The Morgan fingerprint density at radius 3 is 2.53 bits per heavy atom. The van der Waals surface area contributed by atoms with Gasteiger partial charge in [-0.05, 0) is 86.3 Å². The summed E-state index contributed by atoms with van der Waals surface area (Å²) in [7, 11) is 0. The maximum Gasteiger partial charge on any atom is 0.328 e. The van der Waals surface area contributed by atoms with E-state index < -0.39 is 11.4 Å². The number of anilines is 2. The highest BCUT2D eigenvalue weighted by molar-refractivity contribution is 6.25. The van der Waals surface area contributed by atoms with Gasteiger partial charge in [-0.2, -0.15) is 5.10 Å². The predicted octanol–water partition coefficient (Wildman–Crippen LogP) is 5.46. The summed E-state index contributed by atoms with van der Waals surface area (Å²) in [6.07, 6.45) is 2.75. The Morgan fingerprint density at radius 2 is 1.82 bits per heavy atom. The lowest BCUT2D eigenvalue weighted by Gasteiger charge is -2.44. The molecule has 0 unspecified atom stereocenters. The first kappa shape index (κ1) is 30.8. The van der Waals surface area contributed by atoms with Gasteiger partial charge in [0.2, 0.25) is 5.78 Å². The van der Waals surface area contributed by atoms with Gasteiger partial charge in [0.25, 0.3) is 0 Å².